The van der Waals surface area contributed by atoms with Gasteiger partial charge in [0, 0.05) is 19.5 Å². The monoisotopic (exact) mass is 285 g/mol. The topological polar surface area (TPSA) is 75.4 Å². The average Bonchev–Trinajstić information content (AvgIpc) is 2.38. The smallest absolute Gasteiger partial charge is 0.244 e. The van der Waals surface area contributed by atoms with E-state index < -0.39 is 6.04 Å². The van der Waals surface area contributed by atoms with Crippen LogP contribution in [-0.4, -0.2) is 42.4 Å². The lowest BCUT2D eigenvalue weighted by atomic mass is 9.94. The van der Waals surface area contributed by atoms with Crippen molar-refractivity contribution in [3.63, 3.8) is 0 Å². The molecule has 118 valence electrons. The minimum Gasteiger partial charge on any atom is -0.345 e. The van der Waals surface area contributed by atoms with Gasteiger partial charge in [-0.25, -0.2) is 0 Å². The molecule has 2 amide bonds. The van der Waals surface area contributed by atoms with E-state index in [1.54, 1.807) is 11.8 Å². The number of nitrogens with zero attached hydrogens (tertiary/aromatic N) is 1. The summed E-state index contributed by atoms with van der Waals surface area (Å²) in [5.74, 6) is 0.586. The Hall–Kier alpha value is -1.10. The van der Waals surface area contributed by atoms with Crippen molar-refractivity contribution in [3.8, 4) is 0 Å². The minimum atomic E-state index is -0.472. The van der Waals surface area contributed by atoms with Crippen LogP contribution in [0.4, 0.5) is 0 Å². The van der Waals surface area contributed by atoms with Gasteiger partial charge in [0.1, 0.15) is 6.04 Å². The number of carbonyl (C=O) groups is 2. The van der Waals surface area contributed by atoms with Gasteiger partial charge >= 0.3 is 0 Å². The van der Waals surface area contributed by atoms with Gasteiger partial charge in [-0.15, -0.1) is 0 Å². The third-order valence-corrected chi connectivity index (χ3v) is 3.44. The fourth-order valence-corrected chi connectivity index (χ4v) is 2.36. The number of rotatable bonds is 9. The standard InChI is InChI=1S/C15H31N3O2/c1-6-18(7-2)15(20)12(5)17-14(19)9-13(10-16)8-11(3)4/h11-13H,6-10,16H2,1-5H3,(H,17,19). The van der Waals surface area contributed by atoms with Crippen LogP contribution in [0.1, 0.15) is 47.5 Å². The summed E-state index contributed by atoms with van der Waals surface area (Å²) in [6.07, 6.45) is 1.33. The number of likely N-dealkylation sites (N-methyl/N-ethyl adjacent to an activating group) is 1. The summed E-state index contributed by atoms with van der Waals surface area (Å²) in [5.41, 5.74) is 5.70. The van der Waals surface area contributed by atoms with Crippen molar-refractivity contribution in [2.75, 3.05) is 19.6 Å². The summed E-state index contributed by atoms with van der Waals surface area (Å²) in [6.45, 7) is 11.7. The van der Waals surface area contributed by atoms with Crippen LogP contribution in [0.5, 0.6) is 0 Å². The molecule has 0 heterocycles. The zero-order valence-corrected chi connectivity index (χ0v) is 13.6. The molecule has 3 N–H and O–H groups in total. The molecule has 0 rings (SSSR count). The molecule has 5 heteroatoms. The Kier molecular flexibility index (Phi) is 9.21. The number of hydrogen-bond donors (Lipinski definition) is 2. The van der Waals surface area contributed by atoms with E-state index >= 15 is 0 Å². The Bertz CT molecular complexity index is 301. The van der Waals surface area contributed by atoms with Crippen LogP contribution >= 0.6 is 0 Å². The van der Waals surface area contributed by atoms with Gasteiger partial charge in [0.25, 0.3) is 0 Å². The lowest BCUT2D eigenvalue weighted by Crippen LogP contribution is -2.47. The second-order valence-electron chi connectivity index (χ2n) is 5.74. The van der Waals surface area contributed by atoms with Crippen LogP contribution in [0.2, 0.25) is 0 Å². The van der Waals surface area contributed by atoms with Crippen LogP contribution in [0.25, 0.3) is 0 Å². The maximum atomic E-state index is 12.1. The van der Waals surface area contributed by atoms with E-state index in [1.807, 2.05) is 13.8 Å². The second-order valence-corrected chi connectivity index (χ2v) is 5.74. The van der Waals surface area contributed by atoms with Gasteiger partial charge in [-0.1, -0.05) is 13.8 Å². The third kappa shape index (κ3) is 6.89. The maximum Gasteiger partial charge on any atom is 0.244 e. The molecular weight excluding hydrogens is 254 g/mol. The molecule has 0 spiro atoms. The van der Waals surface area contributed by atoms with E-state index in [2.05, 4.69) is 19.2 Å². The molecule has 0 aromatic heterocycles. The number of hydrogen-bond acceptors (Lipinski definition) is 3. The van der Waals surface area contributed by atoms with Crippen LogP contribution in [0.15, 0.2) is 0 Å². The SMILES string of the molecule is CCN(CC)C(=O)C(C)NC(=O)CC(CN)CC(C)C. The third-order valence-electron chi connectivity index (χ3n) is 3.44. The van der Waals surface area contributed by atoms with E-state index in [-0.39, 0.29) is 17.7 Å². The largest absolute Gasteiger partial charge is 0.345 e. The first-order valence-corrected chi connectivity index (χ1v) is 7.63. The Labute approximate surface area is 123 Å². The molecule has 5 nitrogen and oxygen atoms in total. The summed E-state index contributed by atoms with van der Waals surface area (Å²) in [6, 6.07) is -0.472. The van der Waals surface area contributed by atoms with Crippen LogP contribution in [0, 0.1) is 11.8 Å². The predicted octanol–water partition coefficient (Wildman–Crippen LogP) is 1.37. The van der Waals surface area contributed by atoms with Gasteiger partial charge in [0.15, 0.2) is 0 Å². The second kappa shape index (κ2) is 9.75. The molecule has 0 bridgehead atoms. The molecular formula is C15H31N3O2. The lowest BCUT2D eigenvalue weighted by molar-refractivity contribution is -0.135. The van der Waals surface area contributed by atoms with Crippen LogP contribution in [0.3, 0.4) is 0 Å². The van der Waals surface area contributed by atoms with Gasteiger partial charge in [-0.3, -0.25) is 9.59 Å². The lowest BCUT2D eigenvalue weighted by Gasteiger charge is -2.24. The van der Waals surface area contributed by atoms with E-state index in [0.29, 0.717) is 32.0 Å². The average molecular weight is 285 g/mol. The molecule has 0 aliphatic heterocycles. The van der Waals surface area contributed by atoms with Crippen molar-refractivity contribution in [3.05, 3.63) is 0 Å². The summed E-state index contributed by atoms with van der Waals surface area (Å²) in [4.78, 5) is 25.8. The van der Waals surface area contributed by atoms with Gasteiger partial charge in [-0.2, -0.15) is 0 Å². The van der Waals surface area contributed by atoms with Crippen molar-refractivity contribution in [1.82, 2.24) is 10.2 Å². The van der Waals surface area contributed by atoms with Gasteiger partial charge < -0.3 is 16.0 Å². The van der Waals surface area contributed by atoms with Gasteiger partial charge in [0.05, 0.1) is 0 Å². The van der Waals surface area contributed by atoms with Crippen molar-refractivity contribution in [2.24, 2.45) is 17.6 Å². The highest BCUT2D eigenvalue weighted by Gasteiger charge is 2.21. The van der Waals surface area contributed by atoms with Gasteiger partial charge in [-0.05, 0) is 45.6 Å². The van der Waals surface area contributed by atoms with Crippen molar-refractivity contribution >= 4 is 11.8 Å². The molecule has 0 saturated heterocycles. The maximum absolute atomic E-state index is 12.1. The highest BCUT2D eigenvalue weighted by atomic mass is 16.2. The van der Waals surface area contributed by atoms with E-state index in [0.717, 1.165) is 6.42 Å². The fraction of sp³-hybridized carbons (Fsp3) is 0.867. The first-order chi connectivity index (χ1) is 9.35. The quantitative estimate of drug-likeness (QED) is 0.672. The zero-order valence-electron chi connectivity index (χ0n) is 13.6. The highest BCUT2D eigenvalue weighted by Crippen LogP contribution is 2.14. The molecule has 2 unspecified atom stereocenters. The van der Waals surface area contributed by atoms with Crippen LogP contribution < -0.4 is 11.1 Å². The summed E-state index contributed by atoms with van der Waals surface area (Å²) < 4.78 is 0. The van der Waals surface area contributed by atoms with Crippen LogP contribution in [-0.2, 0) is 9.59 Å². The minimum absolute atomic E-state index is 0.0310. The zero-order chi connectivity index (χ0) is 15.7. The van der Waals surface area contributed by atoms with Gasteiger partial charge in [0.2, 0.25) is 11.8 Å². The first-order valence-electron chi connectivity index (χ1n) is 7.63. The Morgan fingerprint density at radius 3 is 2.10 bits per heavy atom. The fourth-order valence-electron chi connectivity index (χ4n) is 2.36. The molecule has 0 aromatic carbocycles. The molecule has 0 saturated carbocycles. The molecule has 0 aliphatic carbocycles. The summed E-state index contributed by atoms with van der Waals surface area (Å²) in [7, 11) is 0. The first kappa shape index (κ1) is 18.9. The van der Waals surface area contributed by atoms with Crippen molar-refractivity contribution in [2.45, 2.75) is 53.5 Å². The van der Waals surface area contributed by atoms with Crippen molar-refractivity contribution < 1.29 is 9.59 Å². The molecule has 0 fully saturated rings. The Morgan fingerprint density at radius 1 is 1.15 bits per heavy atom. The van der Waals surface area contributed by atoms with E-state index in [9.17, 15) is 9.59 Å². The number of nitrogens with one attached hydrogen (secondary N) is 1. The molecule has 0 aliphatic rings. The molecule has 0 radical (unpaired) electrons. The highest BCUT2D eigenvalue weighted by molar-refractivity contribution is 5.87. The van der Waals surface area contributed by atoms with Crippen molar-refractivity contribution in [1.29, 1.82) is 0 Å². The van der Waals surface area contributed by atoms with E-state index in [1.165, 1.54) is 0 Å². The molecule has 20 heavy (non-hydrogen) atoms. The normalized spacial score (nSPS) is 13.9. The van der Waals surface area contributed by atoms with E-state index in [4.69, 9.17) is 5.73 Å². The predicted molar refractivity (Wildman–Crippen MR) is 82.1 cm³/mol. The Morgan fingerprint density at radius 2 is 1.70 bits per heavy atom. The number of amides is 2. The molecule has 2 atom stereocenters. The summed E-state index contributed by atoms with van der Waals surface area (Å²) >= 11 is 0. The Balaban J connectivity index is 4.34. The number of carbonyl (C=O) groups excluding carboxylic acids is 2. The number of nitrogens with two attached hydrogens (primary N) is 1. The summed E-state index contributed by atoms with van der Waals surface area (Å²) in [5, 5.41) is 2.78. The molecule has 0 aromatic rings.